The number of rotatable bonds is 8. The highest BCUT2D eigenvalue weighted by Crippen LogP contribution is 2.24. The molecule has 4 nitrogen and oxygen atoms in total. The van der Waals surface area contributed by atoms with Gasteiger partial charge >= 0.3 is 0 Å². The molecule has 0 saturated carbocycles. The van der Waals surface area contributed by atoms with Crippen LogP contribution in [0.1, 0.15) is 18.9 Å². The van der Waals surface area contributed by atoms with Crippen molar-refractivity contribution >= 4 is 16.7 Å². The first-order chi connectivity index (χ1) is 13.2. The van der Waals surface area contributed by atoms with E-state index in [2.05, 4.69) is 17.4 Å². The maximum atomic E-state index is 12.4. The Labute approximate surface area is 160 Å². The maximum absolute atomic E-state index is 12.4. The molecule has 4 heteroatoms. The number of ether oxygens (including phenoxy) is 2. The summed E-state index contributed by atoms with van der Waals surface area (Å²) in [4.78, 5) is 12.4. The van der Waals surface area contributed by atoms with Gasteiger partial charge < -0.3 is 14.8 Å². The summed E-state index contributed by atoms with van der Waals surface area (Å²) >= 11 is 0. The molecule has 0 unspecified atom stereocenters. The molecule has 0 fully saturated rings. The largest absolute Gasteiger partial charge is 0.491 e. The molecular formula is C23H25NO3. The summed E-state index contributed by atoms with van der Waals surface area (Å²) in [7, 11) is 0. The zero-order valence-electron chi connectivity index (χ0n) is 15.8. The van der Waals surface area contributed by atoms with Crippen LogP contribution in [-0.4, -0.2) is 25.2 Å². The van der Waals surface area contributed by atoms with Crippen molar-refractivity contribution in [2.75, 3.05) is 13.2 Å². The molecule has 3 aromatic carbocycles. The Hall–Kier alpha value is -3.01. The first-order valence-electron chi connectivity index (χ1n) is 9.29. The van der Waals surface area contributed by atoms with Gasteiger partial charge in [-0.15, -0.1) is 0 Å². The molecule has 0 saturated heterocycles. The van der Waals surface area contributed by atoms with Gasteiger partial charge in [0.2, 0.25) is 0 Å². The van der Waals surface area contributed by atoms with Crippen LogP contribution in [0.2, 0.25) is 0 Å². The van der Waals surface area contributed by atoms with Crippen LogP contribution in [0.4, 0.5) is 0 Å². The lowest BCUT2D eigenvalue weighted by Gasteiger charge is -2.17. The molecule has 0 aliphatic carbocycles. The molecule has 0 bridgehead atoms. The number of benzene rings is 3. The Balaban J connectivity index is 1.50. The Kier molecular flexibility index (Phi) is 6.31. The molecule has 1 amide bonds. The number of hydrogen-bond acceptors (Lipinski definition) is 3. The number of aryl methyl sites for hydroxylation is 1. The van der Waals surface area contributed by atoms with E-state index in [1.165, 1.54) is 0 Å². The summed E-state index contributed by atoms with van der Waals surface area (Å²) in [6, 6.07) is 21.8. The summed E-state index contributed by atoms with van der Waals surface area (Å²) in [5.41, 5.74) is 1.16. The molecular weight excluding hydrogens is 338 g/mol. The summed E-state index contributed by atoms with van der Waals surface area (Å²) in [6.07, 6.45) is 0.0921. The first kappa shape index (κ1) is 18.8. The Morgan fingerprint density at radius 3 is 2.52 bits per heavy atom. The number of carbonyl (C=O) groups excluding carboxylic acids is 1. The Bertz CT molecular complexity index is 884. The fourth-order valence-electron chi connectivity index (χ4n) is 2.87. The molecule has 0 radical (unpaired) electrons. The fourth-order valence-corrected chi connectivity index (χ4v) is 2.87. The SMILES string of the molecule is CC[C@H](Oc1ccc(C)cc1)C(=O)NCCOc1cccc2ccccc12. The monoisotopic (exact) mass is 363 g/mol. The maximum Gasteiger partial charge on any atom is 0.261 e. The van der Waals surface area contributed by atoms with Crippen LogP contribution < -0.4 is 14.8 Å². The highest BCUT2D eigenvalue weighted by Gasteiger charge is 2.17. The van der Waals surface area contributed by atoms with Crippen molar-refractivity contribution in [3.63, 3.8) is 0 Å². The van der Waals surface area contributed by atoms with Gasteiger partial charge in [-0.3, -0.25) is 4.79 Å². The molecule has 3 rings (SSSR count). The second-order valence-corrected chi connectivity index (χ2v) is 6.44. The van der Waals surface area contributed by atoms with E-state index in [9.17, 15) is 4.79 Å². The van der Waals surface area contributed by atoms with Crippen LogP contribution in [0, 0.1) is 6.92 Å². The molecule has 27 heavy (non-hydrogen) atoms. The molecule has 3 aromatic rings. The quantitative estimate of drug-likeness (QED) is 0.600. The normalized spacial score (nSPS) is 11.8. The van der Waals surface area contributed by atoms with E-state index in [1.807, 2.05) is 68.4 Å². The Morgan fingerprint density at radius 1 is 1.00 bits per heavy atom. The van der Waals surface area contributed by atoms with Gasteiger partial charge in [-0.1, -0.05) is 61.0 Å². The molecule has 0 aliphatic heterocycles. The van der Waals surface area contributed by atoms with Crippen molar-refractivity contribution in [2.24, 2.45) is 0 Å². The first-order valence-corrected chi connectivity index (χ1v) is 9.29. The summed E-state index contributed by atoms with van der Waals surface area (Å²) in [5, 5.41) is 5.10. The zero-order valence-corrected chi connectivity index (χ0v) is 15.8. The summed E-state index contributed by atoms with van der Waals surface area (Å²) in [6.45, 7) is 4.78. The third-order valence-electron chi connectivity index (χ3n) is 4.37. The van der Waals surface area contributed by atoms with Crippen molar-refractivity contribution in [2.45, 2.75) is 26.4 Å². The van der Waals surface area contributed by atoms with E-state index in [0.717, 1.165) is 22.1 Å². The topological polar surface area (TPSA) is 47.6 Å². The van der Waals surface area contributed by atoms with Crippen LogP contribution in [-0.2, 0) is 4.79 Å². The van der Waals surface area contributed by atoms with E-state index in [-0.39, 0.29) is 5.91 Å². The average molecular weight is 363 g/mol. The average Bonchev–Trinajstić information content (AvgIpc) is 2.70. The lowest BCUT2D eigenvalue weighted by molar-refractivity contribution is -0.128. The second-order valence-electron chi connectivity index (χ2n) is 6.44. The van der Waals surface area contributed by atoms with Crippen molar-refractivity contribution in [3.8, 4) is 11.5 Å². The standard InChI is InChI=1S/C23H25NO3/c1-3-21(27-19-13-11-17(2)12-14-19)23(25)24-15-16-26-22-10-6-8-18-7-4-5-9-20(18)22/h4-14,21H,3,15-16H2,1-2H3,(H,24,25)/t21-/m0/s1. The summed E-state index contributed by atoms with van der Waals surface area (Å²) < 4.78 is 11.7. The van der Waals surface area contributed by atoms with Crippen LogP contribution in [0.15, 0.2) is 66.7 Å². The van der Waals surface area contributed by atoms with Crippen molar-refractivity contribution in [1.29, 1.82) is 0 Å². The highest BCUT2D eigenvalue weighted by molar-refractivity contribution is 5.88. The van der Waals surface area contributed by atoms with Crippen LogP contribution >= 0.6 is 0 Å². The van der Waals surface area contributed by atoms with Crippen LogP contribution in [0.25, 0.3) is 10.8 Å². The van der Waals surface area contributed by atoms with Gasteiger partial charge in [0.1, 0.15) is 18.1 Å². The van der Waals surface area contributed by atoms with Crippen molar-refractivity contribution in [1.82, 2.24) is 5.32 Å². The number of hydrogen-bond donors (Lipinski definition) is 1. The number of carbonyl (C=O) groups is 1. The highest BCUT2D eigenvalue weighted by atomic mass is 16.5. The van der Waals surface area contributed by atoms with E-state index >= 15 is 0 Å². The second kappa shape index (κ2) is 9.08. The number of fused-ring (bicyclic) bond motifs is 1. The van der Waals surface area contributed by atoms with Gasteiger partial charge in [-0.05, 0) is 36.9 Å². The van der Waals surface area contributed by atoms with E-state index in [4.69, 9.17) is 9.47 Å². The molecule has 140 valence electrons. The zero-order chi connectivity index (χ0) is 19.1. The minimum Gasteiger partial charge on any atom is -0.491 e. The van der Waals surface area contributed by atoms with Gasteiger partial charge in [0.25, 0.3) is 5.91 Å². The van der Waals surface area contributed by atoms with E-state index < -0.39 is 6.10 Å². The van der Waals surface area contributed by atoms with Gasteiger partial charge in [0.05, 0.1) is 6.54 Å². The fraction of sp³-hybridized carbons (Fsp3) is 0.261. The van der Waals surface area contributed by atoms with Crippen molar-refractivity contribution in [3.05, 3.63) is 72.3 Å². The van der Waals surface area contributed by atoms with Gasteiger partial charge in [-0.2, -0.15) is 0 Å². The van der Waals surface area contributed by atoms with E-state index in [1.54, 1.807) is 0 Å². The lowest BCUT2D eigenvalue weighted by atomic mass is 10.1. The molecule has 1 atom stereocenters. The number of amides is 1. The molecule has 0 spiro atoms. The molecule has 0 heterocycles. The Morgan fingerprint density at radius 2 is 1.74 bits per heavy atom. The third-order valence-corrected chi connectivity index (χ3v) is 4.37. The van der Waals surface area contributed by atoms with Crippen LogP contribution in [0.5, 0.6) is 11.5 Å². The van der Waals surface area contributed by atoms with Gasteiger partial charge in [0.15, 0.2) is 6.10 Å². The minimum absolute atomic E-state index is 0.125. The lowest BCUT2D eigenvalue weighted by Crippen LogP contribution is -2.39. The molecule has 0 aromatic heterocycles. The third kappa shape index (κ3) is 5.00. The van der Waals surface area contributed by atoms with Crippen molar-refractivity contribution < 1.29 is 14.3 Å². The smallest absolute Gasteiger partial charge is 0.261 e. The summed E-state index contributed by atoms with van der Waals surface area (Å²) in [5.74, 6) is 1.40. The predicted octanol–water partition coefficient (Wildman–Crippen LogP) is 4.50. The molecule has 1 N–H and O–H groups in total. The number of nitrogens with one attached hydrogen (secondary N) is 1. The molecule has 0 aliphatic rings. The predicted molar refractivity (Wildman–Crippen MR) is 108 cm³/mol. The van der Waals surface area contributed by atoms with Crippen LogP contribution in [0.3, 0.4) is 0 Å². The van der Waals surface area contributed by atoms with Gasteiger partial charge in [0, 0.05) is 5.39 Å². The van der Waals surface area contributed by atoms with E-state index in [0.29, 0.717) is 25.3 Å². The van der Waals surface area contributed by atoms with Gasteiger partial charge in [-0.25, -0.2) is 0 Å². The minimum atomic E-state index is -0.509.